The molecule has 2 rings (SSSR count). The monoisotopic (exact) mass is 397 g/mol. The average Bonchev–Trinajstić information content (AvgIpc) is 2.78. The van der Waals surface area contributed by atoms with E-state index >= 15 is 0 Å². The zero-order valence-corrected chi connectivity index (χ0v) is 17.0. The first-order chi connectivity index (χ1) is 10.7. The molecule has 1 heterocycles. The van der Waals surface area contributed by atoms with E-state index in [0.29, 0.717) is 12.3 Å². The number of rotatable bonds is 6. The molecule has 4 nitrogen and oxygen atoms in total. The standard InChI is InChI=1S/C17H24BrNO3Si/c1-19-15-10-13(11-22-6-7-23(3,4)5)14(18)8-12(15)9-16(19)17(20)21-2/h8-10H,6-7,11H2,1-5H3. The third-order valence-corrected chi connectivity index (χ3v) is 6.30. The van der Waals surface area contributed by atoms with E-state index in [2.05, 4.69) is 41.6 Å². The van der Waals surface area contributed by atoms with E-state index in [1.54, 1.807) is 0 Å². The normalized spacial score (nSPS) is 11.9. The van der Waals surface area contributed by atoms with Crippen LogP contribution in [0.5, 0.6) is 0 Å². The molecule has 0 fully saturated rings. The predicted molar refractivity (Wildman–Crippen MR) is 99.8 cm³/mol. The Labute approximate surface area is 146 Å². The van der Waals surface area contributed by atoms with Crippen molar-refractivity contribution >= 4 is 40.9 Å². The molecule has 0 saturated carbocycles. The van der Waals surface area contributed by atoms with E-state index in [9.17, 15) is 4.79 Å². The van der Waals surface area contributed by atoms with Crippen LogP contribution in [-0.2, 0) is 23.1 Å². The molecular formula is C17H24BrNO3Si. The molecule has 0 unspecified atom stereocenters. The van der Waals surface area contributed by atoms with Gasteiger partial charge in [0.05, 0.1) is 13.7 Å². The Hall–Kier alpha value is -1.11. The van der Waals surface area contributed by atoms with Gasteiger partial charge in [0.1, 0.15) is 5.69 Å². The number of aromatic nitrogens is 1. The molecule has 0 saturated heterocycles. The van der Waals surface area contributed by atoms with Gasteiger partial charge in [-0.15, -0.1) is 0 Å². The van der Waals surface area contributed by atoms with Crippen LogP contribution in [0.1, 0.15) is 16.1 Å². The molecule has 1 aromatic carbocycles. The lowest BCUT2D eigenvalue weighted by Crippen LogP contribution is -2.21. The molecule has 0 spiro atoms. The average molecular weight is 398 g/mol. The predicted octanol–water partition coefficient (Wildman–Crippen LogP) is 4.58. The van der Waals surface area contributed by atoms with Crippen molar-refractivity contribution in [2.75, 3.05) is 13.7 Å². The Balaban J connectivity index is 2.20. The number of carbonyl (C=O) groups is 1. The van der Waals surface area contributed by atoms with Crippen molar-refractivity contribution in [3.63, 3.8) is 0 Å². The van der Waals surface area contributed by atoms with Crippen LogP contribution in [0.3, 0.4) is 0 Å². The van der Waals surface area contributed by atoms with E-state index in [1.807, 2.05) is 23.7 Å². The number of ether oxygens (including phenoxy) is 2. The Bertz CT molecular complexity index is 719. The van der Waals surface area contributed by atoms with Gasteiger partial charge in [-0.2, -0.15) is 0 Å². The molecule has 6 heteroatoms. The van der Waals surface area contributed by atoms with Crippen LogP contribution in [0.25, 0.3) is 10.9 Å². The quantitative estimate of drug-likeness (QED) is 0.406. The third-order valence-electron chi connectivity index (χ3n) is 3.86. The molecule has 0 aliphatic heterocycles. The van der Waals surface area contributed by atoms with Gasteiger partial charge in [0, 0.05) is 37.1 Å². The zero-order valence-electron chi connectivity index (χ0n) is 14.4. The summed E-state index contributed by atoms with van der Waals surface area (Å²) in [5, 5.41) is 1.01. The highest BCUT2D eigenvalue weighted by atomic mass is 79.9. The molecule has 23 heavy (non-hydrogen) atoms. The molecule has 1 aromatic heterocycles. The lowest BCUT2D eigenvalue weighted by Gasteiger charge is -2.15. The number of nitrogens with zero attached hydrogens (tertiary/aromatic N) is 1. The summed E-state index contributed by atoms with van der Waals surface area (Å²) in [5.74, 6) is -0.326. The number of carbonyl (C=O) groups excluding carboxylic acids is 1. The maximum atomic E-state index is 11.8. The summed E-state index contributed by atoms with van der Waals surface area (Å²) >= 11 is 3.60. The van der Waals surface area contributed by atoms with Crippen LogP contribution in [0.4, 0.5) is 0 Å². The molecule has 0 aliphatic rings. The van der Waals surface area contributed by atoms with Crippen molar-refractivity contribution < 1.29 is 14.3 Å². The number of hydrogen-bond donors (Lipinski definition) is 0. The van der Waals surface area contributed by atoms with Gasteiger partial charge >= 0.3 is 5.97 Å². The second-order valence-electron chi connectivity index (χ2n) is 6.95. The van der Waals surface area contributed by atoms with Crippen molar-refractivity contribution in [1.82, 2.24) is 4.57 Å². The summed E-state index contributed by atoms with van der Waals surface area (Å²) in [5.41, 5.74) is 2.63. The summed E-state index contributed by atoms with van der Waals surface area (Å²) in [6.45, 7) is 8.39. The van der Waals surface area contributed by atoms with Gasteiger partial charge in [-0.1, -0.05) is 35.6 Å². The van der Waals surface area contributed by atoms with Crippen LogP contribution < -0.4 is 0 Å². The fraction of sp³-hybridized carbons (Fsp3) is 0.471. The topological polar surface area (TPSA) is 40.5 Å². The van der Waals surface area contributed by atoms with Gasteiger partial charge in [0.15, 0.2) is 0 Å². The second kappa shape index (κ2) is 7.19. The van der Waals surface area contributed by atoms with E-state index in [0.717, 1.165) is 33.6 Å². The highest BCUT2D eigenvalue weighted by Crippen LogP contribution is 2.28. The van der Waals surface area contributed by atoms with Gasteiger partial charge in [0.25, 0.3) is 0 Å². The lowest BCUT2D eigenvalue weighted by molar-refractivity contribution is 0.0590. The number of methoxy groups -OCH3 is 1. The fourth-order valence-corrected chi connectivity index (χ4v) is 3.60. The zero-order chi connectivity index (χ0) is 17.2. The first kappa shape index (κ1) is 18.2. The maximum Gasteiger partial charge on any atom is 0.354 e. The number of fused-ring (bicyclic) bond motifs is 1. The number of halogens is 1. The minimum atomic E-state index is -1.07. The third kappa shape index (κ3) is 4.46. The number of esters is 1. The molecule has 0 bridgehead atoms. The highest BCUT2D eigenvalue weighted by molar-refractivity contribution is 9.10. The summed E-state index contributed by atoms with van der Waals surface area (Å²) in [4.78, 5) is 11.8. The van der Waals surface area contributed by atoms with Crippen LogP contribution in [-0.4, -0.2) is 32.3 Å². The Kier molecular flexibility index (Phi) is 5.70. The van der Waals surface area contributed by atoms with Gasteiger partial charge in [-0.05, 0) is 29.8 Å². The van der Waals surface area contributed by atoms with E-state index in [-0.39, 0.29) is 5.97 Å². The minimum Gasteiger partial charge on any atom is -0.464 e. The fourth-order valence-electron chi connectivity index (χ4n) is 2.37. The summed E-state index contributed by atoms with van der Waals surface area (Å²) < 4.78 is 13.5. The van der Waals surface area contributed by atoms with Gasteiger partial charge < -0.3 is 14.0 Å². The summed E-state index contributed by atoms with van der Waals surface area (Å²) in [6, 6.07) is 7.10. The summed E-state index contributed by atoms with van der Waals surface area (Å²) in [7, 11) is 2.20. The molecule has 0 aliphatic carbocycles. The second-order valence-corrected chi connectivity index (χ2v) is 13.4. The van der Waals surface area contributed by atoms with Crippen LogP contribution in [0.2, 0.25) is 25.7 Å². The van der Waals surface area contributed by atoms with Gasteiger partial charge in [-0.25, -0.2) is 4.79 Å². The van der Waals surface area contributed by atoms with E-state index in [1.165, 1.54) is 7.11 Å². The minimum absolute atomic E-state index is 0.326. The van der Waals surface area contributed by atoms with Crippen molar-refractivity contribution in [3.8, 4) is 0 Å². The Morgan fingerprint density at radius 2 is 1.96 bits per heavy atom. The van der Waals surface area contributed by atoms with E-state index in [4.69, 9.17) is 9.47 Å². The molecule has 2 aromatic rings. The first-order valence-electron chi connectivity index (χ1n) is 7.67. The van der Waals surface area contributed by atoms with Crippen LogP contribution >= 0.6 is 15.9 Å². The molecule has 0 N–H and O–H groups in total. The molecule has 0 atom stereocenters. The van der Waals surface area contributed by atoms with Crippen molar-refractivity contribution in [2.24, 2.45) is 7.05 Å². The number of benzene rings is 1. The van der Waals surface area contributed by atoms with Crippen molar-refractivity contribution in [2.45, 2.75) is 32.3 Å². The van der Waals surface area contributed by atoms with Crippen molar-refractivity contribution in [3.05, 3.63) is 33.9 Å². The molecule has 0 radical (unpaired) electrons. The van der Waals surface area contributed by atoms with Gasteiger partial charge in [-0.3, -0.25) is 0 Å². The Morgan fingerprint density at radius 3 is 2.57 bits per heavy atom. The smallest absolute Gasteiger partial charge is 0.354 e. The summed E-state index contributed by atoms with van der Waals surface area (Å²) in [6.07, 6.45) is 0. The molecule has 126 valence electrons. The number of hydrogen-bond acceptors (Lipinski definition) is 3. The highest BCUT2D eigenvalue weighted by Gasteiger charge is 2.16. The SMILES string of the molecule is COC(=O)c1cc2cc(Br)c(COCC[Si](C)(C)C)cc2n1C. The first-order valence-corrected chi connectivity index (χ1v) is 12.2. The van der Waals surface area contributed by atoms with Crippen LogP contribution in [0, 0.1) is 0 Å². The molecule has 0 amide bonds. The van der Waals surface area contributed by atoms with Crippen molar-refractivity contribution in [1.29, 1.82) is 0 Å². The molecular weight excluding hydrogens is 374 g/mol. The number of aryl methyl sites for hydroxylation is 1. The lowest BCUT2D eigenvalue weighted by atomic mass is 10.2. The largest absolute Gasteiger partial charge is 0.464 e. The Morgan fingerprint density at radius 1 is 1.26 bits per heavy atom. The maximum absolute atomic E-state index is 11.8. The van der Waals surface area contributed by atoms with Crippen LogP contribution in [0.15, 0.2) is 22.7 Å². The van der Waals surface area contributed by atoms with E-state index < -0.39 is 8.07 Å². The van der Waals surface area contributed by atoms with Gasteiger partial charge in [0.2, 0.25) is 0 Å².